The maximum absolute atomic E-state index is 12.1. The highest BCUT2D eigenvalue weighted by molar-refractivity contribution is 5.95. The number of fused-ring (bicyclic) bond motifs is 1. The summed E-state index contributed by atoms with van der Waals surface area (Å²) in [6.07, 6.45) is 11.0. The Balaban J connectivity index is 1.63. The van der Waals surface area contributed by atoms with E-state index in [0.717, 1.165) is 22.2 Å². The zero-order valence-corrected chi connectivity index (χ0v) is 13.1. The molecule has 0 aliphatic rings. The van der Waals surface area contributed by atoms with Crippen molar-refractivity contribution >= 4 is 23.0 Å². The summed E-state index contributed by atoms with van der Waals surface area (Å²) in [6.45, 7) is 0.374. The molecule has 3 rings (SSSR count). The predicted molar refractivity (Wildman–Crippen MR) is 94.1 cm³/mol. The van der Waals surface area contributed by atoms with Gasteiger partial charge in [-0.15, -0.1) is 0 Å². The Morgan fingerprint density at radius 1 is 1.29 bits per heavy atom. The number of aromatic amines is 1. The molecule has 0 aliphatic heterocycles. The van der Waals surface area contributed by atoms with Crippen LogP contribution in [0, 0.1) is 0 Å². The van der Waals surface area contributed by atoms with Gasteiger partial charge in [0.2, 0.25) is 5.91 Å². The van der Waals surface area contributed by atoms with E-state index in [2.05, 4.69) is 20.3 Å². The van der Waals surface area contributed by atoms with E-state index < -0.39 is 0 Å². The molecular formula is C18H19N5O. The standard InChI is InChI=1S/C18H19N5O/c19-11-15(10-13-5-8-20-9-6-13)23-17(24)4-3-14-12-22-18-16(14)2-1-7-21-18/h1-9,12,15H,10-11,19H2,(H,21,22)(H,23,24)/t15-/m0/s1. The number of nitrogens with two attached hydrogens (primary N) is 1. The highest BCUT2D eigenvalue weighted by Crippen LogP contribution is 2.16. The van der Waals surface area contributed by atoms with E-state index in [-0.39, 0.29) is 11.9 Å². The number of H-pyrrole nitrogens is 1. The molecular weight excluding hydrogens is 302 g/mol. The maximum atomic E-state index is 12.1. The average Bonchev–Trinajstić information content (AvgIpc) is 3.03. The molecule has 0 aromatic carbocycles. The Morgan fingerprint density at radius 3 is 2.92 bits per heavy atom. The van der Waals surface area contributed by atoms with Gasteiger partial charge in [0.05, 0.1) is 0 Å². The second-order valence-electron chi connectivity index (χ2n) is 5.48. The molecule has 3 aromatic heterocycles. The molecule has 3 aromatic rings. The molecule has 0 saturated carbocycles. The lowest BCUT2D eigenvalue weighted by Gasteiger charge is -2.15. The number of hydrogen-bond donors (Lipinski definition) is 3. The van der Waals surface area contributed by atoms with Crippen molar-refractivity contribution in [2.45, 2.75) is 12.5 Å². The molecule has 3 heterocycles. The minimum Gasteiger partial charge on any atom is -0.348 e. The zero-order valence-electron chi connectivity index (χ0n) is 13.1. The molecule has 0 bridgehead atoms. The lowest BCUT2D eigenvalue weighted by atomic mass is 10.1. The SMILES string of the molecule is NC[C@H](Cc1ccncc1)NC(=O)C=Cc1c[nH]c2ncccc12. The van der Waals surface area contributed by atoms with Gasteiger partial charge in [-0.1, -0.05) is 0 Å². The molecule has 0 aliphatic carbocycles. The number of rotatable bonds is 6. The molecule has 0 fully saturated rings. The number of nitrogens with zero attached hydrogens (tertiary/aromatic N) is 2. The first-order valence-electron chi connectivity index (χ1n) is 7.76. The minimum atomic E-state index is -0.169. The fraction of sp³-hybridized carbons (Fsp3) is 0.167. The van der Waals surface area contributed by atoms with Crippen LogP contribution >= 0.6 is 0 Å². The third-order valence-corrected chi connectivity index (χ3v) is 3.76. The van der Waals surface area contributed by atoms with E-state index in [4.69, 9.17) is 5.73 Å². The van der Waals surface area contributed by atoms with Crippen LogP contribution < -0.4 is 11.1 Å². The van der Waals surface area contributed by atoms with Crippen molar-refractivity contribution in [3.8, 4) is 0 Å². The first kappa shape index (κ1) is 15.9. The summed E-state index contributed by atoms with van der Waals surface area (Å²) >= 11 is 0. The van der Waals surface area contributed by atoms with Crippen LogP contribution in [0.4, 0.5) is 0 Å². The van der Waals surface area contributed by atoms with Crippen LogP contribution in [0.15, 0.2) is 55.1 Å². The summed E-state index contributed by atoms with van der Waals surface area (Å²) in [6, 6.07) is 7.55. The van der Waals surface area contributed by atoms with Crippen LogP contribution in [0.2, 0.25) is 0 Å². The summed E-state index contributed by atoms with van der Waals surface area (Å²) < 4.78 is 0. The summed E-state index contributed by atoms with van der Waals surface area (Å²) in [5, 5.41) is 3.91. The summed E-state index contributed by atoms with van der Waals surface area (Å²) in [5.74, 6) is -0.169. The van der Waals surface area contributed by atoms with Crippen LogP contribution in [0.3, 0.4) is 0 Å². The van der Waals surface area contributed by atoms with Crippen molar-refractivity contribution in [2.24, 2.45) is 5.73 Å². The second kappa shape index (κ2) is 7.52. The van der Waals surface area contributed by atoms with E-state index >= 15 is 0 Å². The van der Waals surface area contributed by atoms with Crippen LogP contribution in [-0.4, -0.2) is 33.4 Å². The molecule has 6 nitrogen and oxygen atoms in total. The molecule has 0 spiro atoms. The largest absolute Gasteiger partial charge is 0.348 e. The number of hydrogen-bond acceptors (Lipinski definition) is 4. The van der Waals surface area contributed by atoms with Crippen LogP contribution in [-0.2, 0) is 11.2 Å². The quantitative estimate of drug-likeness (QED) is 0.602. The van der Waals surface area contributed by atoms with Crippen molar-refractivity contribution in [1.82, 2.24) is 20.3 Å². The molecule has 122 valence electrons. The van der Waals surface area contributed by atoms with Crippen molar-refractivity contribution in [3.63, 3.8) is 0 Å². The Kier molecular flexibility index (Phi) is 4.98. The molecule has 6 heteroatoms. The van der Waals surface area contributed by atoms with E-state index in [9.17, 15) is 4.79 Å². The predicted octanol–water partition coefficient (Wildman–Crippen LogP) is 1.66. The number of nitrogens with one attached hydrogen (secondary N) is 2. The maximum Gasteiger partial charge on any atom is 0.244 e. The molecule has 24 heavy (non-hydrogen) atoms. The van der Waals surface area contributed by atoms with E-state index in [0.29, 0.717) is 13.0 Å². The third-order valence-electron chi connectivity index (χ3n) is 3.76. The first-order valence-corrected chi connectivity index (χ1v) is 7.76. The van der Waals surface area contributed by atoms with Crippen LogP contribution in [0.25, 0.3) is 17.1 Å². The van der Waals surface area contributed by atoms with Gasteiger partial charge in [-0.05, 0) is 42.3 Å². The zero-order chi connectivity index (χ0) is 16.8. The highest BCUT2D eigenvalue weighted by atomic mass is 16.1. The van der Waals surface area contributed by atoms with Gasteiger partial charge in [0.1, 0.15) is 5.65 Å². The monoisotopic (exact) mass is 321 g/mol. The fourth-order valence-electron chi connectivity index (χ4n) is 2.53. The number of carbonyl (C=O) groups excluding carboxylic acids is 1. The number of aromatic nitrogens is 3. The lowest BCUT2D eigenvalue weighted by molar-refractivity contribution is -0.117. The first-order chi connectivity index (χ1) is 11.8. The van der Waals surface area contributed by atoms with Crippen molar-refractivity contribution < 1.29 is 4.79 Å². The van der Waals surface area contributed by atoms with E-state index in [1.165, 1.54) is 6.08 Å². The summed E-state index contributed by atoms with van der Waals surface area (Å²) in [7, 11) is 0. The van der Waals surface area contributed by atoms with Gasteiger partial charge >= 0.3 is 0 Å². The Morgan fingerprint density at radius 2 is 2.12 bits per heavy atom. The van der Waals surface area contributed by atoms with Crippen molar-refractivity contribution in [3.05, 3.63) is 66.3 Å². The van der Waals surface area contributed by atoms with Gasteiger partial charge in [0.15, 0.2) is 0 Å². The van der Waals surface area contributed by atoms with Crippen molar-refractivity contribution in [1.29, 1.82) is 0 Å². The van der Waals surface area contributed by atoms with Crippen LogP contribution in [0.1, 0.15) is 11.1 Å². The normalized spacial score (nSPS) is 12.5. The summed E-state index contributed by atoms with van der Waals surface area (Å²) in [4.78, 5) is 23.4. The number of amides is 1. The van der Waals surface area contributed by atoms with Gasteiger partial charge in [0, 0.05) is 54.4 Å². The Bertz CT molecular complexity index is 841. The van der Waals surface area contributed by atoms with Gasteiger partial charge < -0.3 is 16.0 Å². The van der Waals surface area contributed by atoms with Gasteiger partial charge in [0.25, 0.3) is 0 Å². The third kappa shape index (κ3) is 3.85. The minimum absolute atomic E-state index is 0.116. The smallest absolute Gasteiger partial charge is 0.244 e. The summed E-state index contributed by atoms with van der Waals surface area (Å²) in [5.41, 5.74) is 8.58. The molecule has 1 atom stereocenters. The van der Waals surface area contributed by atoms with Crippen molar-refractivity contribution in [2.75, 3.05) is 6.54 Å². The highest BCUT2D eigenvalue weighted by Gasteiger charge is 2.10. The van der Waals surface area contributed by atoms with Crippen LogP contribution in [0.5, 0.6) is 0 Å². The topological polar surface area (TPSA) is 96.7 Å². The molecule has 0 saturated heterocycles. The number of pyridine rings is 2. The molecule has 4 N–H and O–H groups in total. The Hall–Kier alpha value is -2.99. The number of carbonyl (C=O) groups is 1. The van der Waals surface area contributed by atoms with E-state index in [1.54, 1.807) is 24.7 Å². The fourth-order valence-corrected chi connectivity index (χ4v) is 2.53. The lowest BCUT2D eigenvalue weighted by Crippen LogP contribution is -2.40. The molecule has 0 radical (unpaired) electrons. The van der Waals surface area contributed by atoms with Gasteiger partial charge in [-0.25, -0.2) is 4.98 Å². The second-order valence-corrected chi connectivity index (χ2v) is 5.48. The van der Waals surface area contributed by atoms with E-state index in [1.807, 2.05) is 30.5 Å². The van der Waals surface area contributed by atoms with Gasteiger partial charge in [-0.2, -0.15) is 0 Å². The molecule has 1 amide bonds. The Labute approximate surface area is 139 Å². The van der Waals surface area contributed by atoms with Gasteiger partial charge in [-0.3, -0.25) is 9.78 Å². The molecule has 0 unspecified atom stereocenters. The average molecular weight is 321 g/mol.